The molecular weight excluding hydrogens is 466 g/mol. The zero-order valence-corrected chi connectivity index (χ0v) is 15.6. The molecule has 0 aliphatic rings. The zero-order valence-electron chi connectivity index (χ0n) is 9.20. The van der Waals surface area contributed by atoms with E-state index in [1.165, 1.54) is 11.6 Å². The molecule has 0 bridgehead atoms. The van der Waals surface area contributed by atoms with Gasteiger partial charge in [-0.3, -0.25) is 9.05 Å². The van der Waals surface area contributed by atoms with Gasteiger partial charge in [0.05, 0.1) is 6.61 Å². The number of hydrogen-bond donors (Lipinski definition) is 1. The maximum Gasteiger partial charge on any atom is 0.474 e. The third kappa shape index (κ3) is 6.52. The first-order valence-corrected chi connectivity index (χ1v) is 9.09. The van der Waals surface area contributed by atoms with Crippen LogP contribution >= 0.6 is 67.2 Å². The van der Waals surface area contributed by atoms with Crippen LogP contribution in [0.5, 0.6) is 0 Å². The molecule has 0 saturated heterocycles. The van der Waals surface area contributed by atoms with Gasteiger partial charge in [-0.2, -0.15) is 0 Å². The first-order valence-electron chi connectivity index (χ1n) is 4.45. The van der Waals surface area contributed by atoms with E-state index in [4.69, 9.17) is 16.1 Å². The maximum absolute atomic E-state index is 11.6. The maximum atomic E-state index is 11.6. The van der Waals surface area contributed by atoms with Crippen molar-refractivity contribution < 1.29 is 18.5 Å². The quantitative estimate of drug-likeness (QED) is 0.424. The average Bonchev–Trinajstić information content (AvgIpc) is 2.16. The van der Waals surface area contributed by atoms with Crippen molar-refractivity contribution in [3.63, 3.8) is 0 Å². The van der Waals surface area contributed by atoms with Crippen molar-refractivity contribution in [2.75, 3.05) is 11.9 Å². The highest BCUT2D eigenvalue weighted by molar-refractivity contribution is 9.25. The molecule has 0 aliphatic carbocycles. The van der Waals surface area contributed by atoms with Crippen LogP contribution in [0.25, 0.3) is 0 Å². The lowest BCUT2D eigenvalue weighted by Crippen LogP contribution is -2.36. The molecule has 0 aromatic rings. The van der Waals surface area contributed by atoms with Crippen LogP contribution in [0.4, 0.5) is 0 Å². The number of phosphoric ester groups is 1. The van der Waals surface area contributed by atoms with Gasteiger partial charge in [0, 0.05) is 16.3 Å². The van der Waals surface area contributed by atoms with Crippen LogP contribution in [0.2, 0.25) is 0 Å². The minimum atomic E-state index is -4.18. The lowest BCUT2D eigenvalue weighted by Gasteiger charge is -2.36. The van der Waals surface area contributed by atoms with E-state index in [9.17, 15) is 9.46 Å². The number of alkyl halides is 3. The Morgan fingerprint density at radius 2 is 2.00 bits per heavy atom. The molecule has 0 fully saturated rings. The summed E-state index contributed by atoms with van der Waals surface area (Å²) in [4.78, 5) is 9.49. The standard InChI is InChI=1S/C8H13Br3ClO4P/c1-7(2,6-9)8(10,11)16-17(13,14)15-5-3-4-12/h3-4H,5-6H2,1-2H3,(H,13,14). The summed E-state index contributed by atoms with van der Waals surface area (Å²) in [6.45, 7) is 3.57. The lowest BCUT2D eigenvalue weighted by atomic mass is 9.98. The van der Waals surface area contributed by atoms with Crippen molar-refractivity contribution in [1.82, 2.24) is 0 Å². The molecule has 0 radical (unpaired) electrons. The molecule has 102 valence electrons. The summed E-state index contributed by atoms with van der Waals surface area (Å²) in [6.07, 6.45) is 1.38. The summed E-state index contributed by atoms with van der Waals surface area (Å²) >= 11 is 15.0. The van der Waals surface area contributed by atoms with Gasteiger partial charge in [-0.25, -0.2) is 4.57 Å². The third-order valence-electron chi connectivity index (χ3n) is 1.77. The Kier molecular flexibility index (Phi) is 8.07. The Hall–Kier alpha value is 1.58. The van der Waals surface area contributed by atoms with Crippen LogP contribution in [-0.2, 0) is 13.6 Å². The molecule has 0 aromatic heterocycles. The highest BCUT2D eigenvalue weighted by atomic mass is 79.9. The van der Waals surface area contributed by atoms with Crippen molar-refractivity contribution in [3.05, 3.63) is 11.6 Å². The summed E-state index contributed by atoms with van der Waals surface area (Å²) in [5, 5.41) is 0.540. The zero-order chi connectivity index (χ0) is 13.7. The van der Waals surface area contributed by atoms with Gasteiger partial charge < -0.3 is 4.89 Å². The van der Waals surface area contributed by atoms with Crippen molar-refractivity contribution in [2.45, 2.75) is 17.3 Å². The fraction of sp³-hybridized carbons (Fsp3) is 0.750. The van der Waals surface area contributed by atoms with Crippen LogP contribution in [-0.4, -0.2) is 20.2 Å². The van der Waals surface area contributed by atoms with Crippen LogP contribution in [0.1, 0.15) is 13.8 Å². The van der Waals surface area contributed by atoms with E-state index in [-0.39, 0.29) is 6.61 Å². The van der Waals surface area contributed by atoms with Gasteiger partial charge in [-0.1, -0.05) is 41.4 Å². The lowest BCUT2D eigenvalue weighted by molar-refractivity contribution is 0.0883. The van der Waals surface area contributed by atoms with Crippen LogP contribution in [0.3, 0.4) is 0 Å². The highest BCUT2D eigenvalue weighted by Gasteiger charge is 2.46. The Balaban J connectivity index is 4.64. The summed E-state index contributed by atoms with van der Waals surface area (Å²) in [7, 11) is -4.18. The van der Waals surface area contributed by atoms with Gasteiger partial charge in [0.1, 0.15) is 0 Å². The summed E-state index contributed by atoms with van der Waals surface area (Å²) < 4.78 is 20.2. The van der Waals surface area contributed by atoms with Gasteiger partial charge >= 0.3 is 7.82 Å². The second-order valence-corrected chi connectivity index (χ2v) is 9.24. The van der Waals surface area contributed by atoms with Gasteiger partial charge in [0.15, 0.2) is 3.42 Å². The summed E-state index contributed by atoms with van der Waals surface area (Å²) in [6, 6.07) is 0. The predicted molar refractivity (Wildman–Crippen MR) is 80.0 cm³/mol. The normalized spacial score (nSPS) is 17.4. The molecule has 1 N–H and O–H groups in total. The molecule has 1 atom stereocenters. The third-order valence-corrected chi connectivity index (χ3v) is 7.31. The summed E-state index contributed by atoms with van der Waals surface area (Å²) in [5.74, 6) is 0. The molecule has 0 heterocycles. The molecule has 9 heteroatoms. The van der Waals surface area contributed by atoms with Crippen LogP contribution in [0.15, 0.2) is 11.6 Å². The van der Waals surface area contributed by atoms with Gasteiger partial charge in [-0.05, 0) is 37.9 Å². The number of phosphoric acid groups is 1. The van der Waals surface area contributed by atoms with Crippen LogP contribution < -0.4 is 0 Å². The van der Waals surface area contributed by atoms with E-state index in [1.54, 1.807) is 0 Å². The SMILES string of the molecule is CC(C)(CBr)C(Br)(Br)OP(=O)(O)OCC=CCl. The van der Waals surface area contributed by atoms with Crippen molar-refractivity contribution >= 4 is 67.2 Å². The van der Waals surface area contributed by atoms with E-state index < -0.39 is 16.7 Å². The number of halogens is 4. The molecule has 0 saturated carbocycles. The summed E-state index contributed by atoms with van der Waals surface area (Å²) in [5.41, 5.74) is 0.703. The van der Waals surface area contributed by atoms with E-state index >= 15 is 0 Å². The molecular formula is C8H13Br3ClO4P. The molecule has 17 heavy (non-hydrogen) atoms. The smallest absolute Gasteiger partial charge is 0.302 e. The molecule has 4 nitrogen and oxygen atoms in total. The van der Waals surface area contributed by atoms with E-state index in [0.29, 0.717) is 5.33 Å². The minimum Gasteiger partial charge on any atom is -0.302 e. The predicted octanol–water partition coefficient (Wildman–Crippen LogP) is 4.74. The topological polar surface area (TPSA) is 55.8 Å². The minimum absolute atomic E-state index is 0.109. The Labute approximate surface area is 131 Å². The van der Waals surface area contributed by atoms with E-state index in [1.807, 2.05) is 13.8 Å². The van der Waals surface area contributed by atoms with Crippen LogP contribution in [0, 0.1) is 5.41 Å². The fourth-order valence-corrected chi connectivity index (χ4v) is 4.01. The fourth-order valence-electron chi connectivity index (χ4n) is 0.546. The molecule has 0 aromatic carbocycles. The highest BCUT2D eigenvalue weighted by Crippen LogP contribution is 2.57. The first kappa shape index (κ1) is 18.6. The average molecular weight is 479 g/mol. The van der Waals surface area contributed by atoms with Crippen molar-refractivity contribution in [1.29, 1.82) is 0 Å². The van der Waals surface area contributed by atoms with E-state index in [2.05, 4.69) is 52.3 Å². The number of hydrogen-bond acceptors (Lipinski definition) is 3. The number of rotatable bonds is 7. The molecule has 0 rings (SSSR count). The Bertz CT molecular complexity index is 322. The van der Waals surface area contributed by atoms with Gasteiger partial charge in [-0.15, -0.1) is 0 Å². The van der Waals surface area contributed by atoms with Gasteiger partial charge in [0.2, 0.25) is 0 Å². The van der Waals surface area contributed by atoms with E-state index in [0.717, 1.165) is 0 Å². The largest absolute Gasteiger partial charge is 0.474 e. The van der Waals surface area contributed by atoms with Crippen molar-refractivity contribution in [2.24, 2.45) is 5.41 Å². The monoisotopic (exact) mass is 476 g/mol. The molecule has 0 amide bonds. The molecule has 1 unspecified atom stereocenters. The Morgan fingerprint density at radius 1 is 1.47 bits per heavy atom. The van der Waals surface area contributed by atoms with Crippen molar-refractivity contribution in [3.8, 4) is 0 Å². The Morgan fingerprint density at radius 3 is 2.41 bits per heavy atom. The van der Waals surface area contributed by atoms with Gasteiger partial charge in [0.25, 0.3) is 0 Å². The molecule has 0 aliphatic heterocycles. The first-order chi connectivity index (χ1) is 7.58. The second-order valence-electron chi connectivity index (χ2n) is 3.75. The second kappa shape index (κ2) is 7.39. The molecule has 0 spiro atoms.